The number of carbonyl (C=O) groups excluding carboxylic acids is 1. The van der Waals surface area contributed by atoms with E-state index >= 15 is 0 Å². The highest BCUT2D eigenvalue weighted by molar-refractivity contribution is 5.70. The lowest BCUT2D eigenvalue weighted by Gasteiger charge is -2.59. The normalized spacial score (nSPS) is 24.3. The largest absolute Gasteiger partial charge is 0.444 e. The highest BCUT2D eigenvalue weighted by Crippen LogP contribution is 2.53. The third-order valence-corrected chi connectivity index (χ3v) is 6.65. The zero-order chi connectivity index (χ0) is 21.9. The Kier molecular flexibility index (Phi) is 6.38. The van der Waals surface area contributed by atoms with Gasteiger partial charge in [-0.25, -0.2) is 4.79 Å². The quantitative estimate of drug-likeness (QED) is 0.552. The van der Waals surface area contributed by atoms with Crippen molar-refractivity contribution in [3.8, 4) is 0 Å². The Balaban J connectivity index is 1.76. The number of amides is 1. The number of carbonyl (C=O) groups is 1. The Morgan fingerprint density at radius 1 is 1.00 bits per heavy atom. The molecule has 2 fully saturated rings. The Morgan fingerprint density at radius 3 is 2.16 bits per heavy atom. The van der Waals surface area contributed by atoms with Gasteiger partial charge in [0.05, 0.1) is 6.61 Å². The second-order valence-electron chi connectivity index (χ2n) is 9.98. The van der Waals surface area contributed by atoms with Crippen molar-refractivity contribution in [1.82, 2.24) is 4.90 Å². The molecule has 4 rings (SSSR count). The maximum absolute atomic E-state index is 13.7. The molecule has 1 amide bonds. The van der Waals surface area contributed by atoms with Crippen molar-refractivity contribution in [2.24, 2.45) is 5.92 Å². The molecule has 2 aliphatic rings. The highest BCUT2D eigenvalue weighted by Gasteiger charge is 2.60. The molecular formula is C27H35NO3. The van der Waals surface area contributed by atoms with E-state index in [0.29, 0.717) is 19.1 Å². The van der Waals surface area contributed by atoms with E-state index in [9.17, 15) is 4.79 Å². The summed E-state index contributed by atoms with van der Waals surface area (Å²) < 4.78 is 12.2. The summed E-state index contributed by atoms with van der Waals surface area (Å²) in [6.07, 6.45) is 5.57. The van der Waals surface area contributed by atoms with Crippen molar-refractivity contribution in [2.45, 2.75) is 76.7 Å². The maximum atomic E-state index is 13.7. The van der Waals surface area contributed by atoms with Gasteiger partial charge in [0.1, 0.15) is 17.2 Å². The van der Waals surface area contributed by atoms with E-state index in [1.165, 1.54) is 19.3 Å². The summed E-state index contributed by atoms with van der Waals surface area (Å²) in [4.78, 5) is 15.7. The van der Waals surface area contributed by atoms with Gasteiger partial charge in [-0.2, -0.15) is 0 Å². The van der Waals surface area contributed by atoms with Crippen LogP contribution in [0.5, 0.6) is 0 Å². The first kappa shape index (κ1) is 21.9. The molecule has 1 saturated heterocycles. The predicted octanol–water partition coefficient (Wildman–Crippen LogP) is 6.51. The number of ether oxygens (including phenoxy) is 2. The van der Waals surface area contributed by atoms with Gasteiger partial charge in [-0.1, -0.05) is 79.9 Å². The van der Waals surface area contributed by atoms with Crippen LogP contribution >= 0.6 is 0 Å². The summed E-state index contributed by atoms with van der Waals surface area (Å²) in [6.45, 7) is 6.89. The summed E-state index contributed by atoms with van der Waals surface area (Å²) in [5, 5.41) is 0. The van der Waals surface area contributed by atoms with E-state index in [0.717, 1.165) is 24.0 Å². The van der Waals surface area contributed by atoms with Gasteiger partial charge in [-0.05, 0) is 50.7 Å². The van der Waals surface area contributed by atoms with E-state index in [1.54, 1.807) is 0 Å². The molecule has 0 radical (unpaired) electrons. The standard InChI is InChI=1S/C27H35NO3/c1-26(2,3)31-25(29)28(19-21-13-7-4-8-14-21)27(23-17-11-6-12-18-23)20-30-24(27)22-15-9-5-10-16-22/h4-5,7-10,13-16,23-24H,6,11-12,17-20H2,1-3H3/t24-,27+/m1/s1. The second-order valence-corrected chi connectivity index (χ2v) is 9.98. The molecule has 1 aliphatic carbocycles. The second kappa shape index (κ2) is 9.04. The maximum Gasteiger partial charge on any atom is 0.411 e. The van der Waals surface area contributed by atoms with Crippen LogP contribution in [0.15, 0.2) is 60.7 Å². The Labute approximate surface area is 186 Å². The summed E-state index contributed by atoms with van der Waals surface area (Å²) >= 11 is 0. The van der Waals surface area contributed by atoms with Gasteiger partial charge in [-0.15, -0.1) is 0 Å². The Morgan fingerprint density at radius 2 is 1.61 bits per heavy atom. The average Bonchev–Trinajstić information content (AvgIpc) is 2.74. The van der Waals surface area contributed by atoms with Crippen molar-refractivity contribution in [1.29, 1.82) is 0 Å². The number of rotatable bonds is 5. The molecular weight excluding hydrogens is 386 g/mol. The van der Waals surface area contributed by atoms with Crippen LogP contribution in [-0.4, -0.2) is 28.7 Å². The van der Waals surface area contributed by atoms with Crippen LogP contribution in [0.2, 0.25) is 0 Å². The van der Waals surface area contributed by atoms with Gasteiger partial charge >= 0.3 is 6.09 Å². The van der Waals surface area contributed by atoms with Crippen molar-refractivity contribution in [2.75, 3.05) is 6.61 Å². The lowest BCUT2D eigenvalue weighted by molar-refractivity contribution is -0.230. The van der Waals surface area contributed by atoms with Gasteiger partial charge in [-0.3, -0.25) is 4.90 Å². The van der Waals surface area contributed by atoms with Crippen molar-refractivity contribution in [3.63, 3.8) is 0 Å². The van der Waals surface area contributed by atoms with Crippen LogP contribution in [0.25, 0.3) is 0 Å². The molecule has 2 aromatic rings. The first-order valence-corrected chi connectivity index (χ1v) is 11.6. The third kappa shape index (κ3) is 4.64. The lowest BCUT2D eigenvalue weighted by atomic mass is 9.66. The SMILES string of the molecule is CC(C)(C)OC(=O)N(Cc1ccccc1)[C@]1(C2CCCCC2)CO[C@@H]1c1ccccc1. The van der Waals surface area contributed by atoms with Gasteiger partial charge in [0, 0.05) is 6.54 Å². The smallest absolute Gasteiger partial charge is 0.411 e. The molecule has 1 aliphatic heterocycles. The third-order valence-electron chi connectivity index (χ3n) is 6.65. The van der Waals surface area contributed by atoms with E-state index in [1.807, 2.05) is 49.9 Å². The molecule has 4 nitrogen and oxygen atoms in total. The number of benzene rings is 2. The van der Waals surface area contributed by atoms with Crippen molar-refractivity contribution in [3.05, 3.63) is 71.8 Å². The molecule has 0 spiro atoms. The number of nitrogens with zero attached hydrogens (tertiary/aromatic N) is 1. The Bertz CT molecular complexity index is 855. The molecule has 1 heterocycles. The summed E-state index contributed by atoms with van der Waals surface area (Å²) in [5.74, 6) is 0.399. The number of hydrogen-bond acceptors (Lipinski definition) is 3. The fraction of sp³-hybridized carbons (Fsp3) is 0.519. The summed E-state index contributed by atoms with van der Waals surface area (Å²) in [7, 11) is 0. The minimum Gasteiger partial charge on any atom is -0.444 e. The predicted molar refractivity (Wildman–Crippen MR) is 123 cm³/mol. The summed E-state index contributed by atoms with van der Waals surface area (Å²) in [6, 6.07) is 20.6. The lowest BCUT2D eigenvalue weighted by Crippen LogP contribution is -2.69. The van der Waals surface area contributed by atoms with Gasteiger partial charge in [0.25, 0.3) is 0 Å². The van der Waals surface area contributed by atoms with E-state index in [4.69, 9.17) is 9.47 Å². The zero-order valence-electron chi connectivity index (χ0n) is 19.0. The van der Waals surface area contributed by atoms with Crippen LogP contribution in [-0.2, 0) is 16.0 Å². The molecule has 2 aromatic carbocycles. The summed E-state index contributed by atoms with van der Waals surface area (Å²) in [5.41, 5.74) is 1.32. The van der Waals surface area contributed by atoms with Gasteiger partial charge in [0.15, 0.2) is 0 Å². The van der Waals surface area contributed by atoms with Crippen molar-refractivity contribution >= 4 is 6.09 Å². The van der Waals surface area contributed by atoms with E-state index < -0.39 is 5.60 Å². The van der Waals surface area contributed by atoms with Crippen LogP contribution in [0.4, 0.5) is 4.79 Å². The topological polar surface area (TPSA) is 38.8 Å². The molecule has 2 atom stereocenters. The van der Waals surface area contributed by atoms with E-state index in [-0.39, 0.29) is 17.7 Å². The van der Waals surface area contributed by atoms with E-state index in [2.05, 4.69) is 36.4 Å². The van der Waals surface area contributed by atoms with Gasteiger partial charge < -0.3 is 9.47 Å². The van der Waals surface area contributed by atoms with Crippen molar-refractivity contribution < 1.29 is 14.3 Å². The highest BCUT2D eigenvalue weighted by atomic mass is 16.6. The molecule has 1 saturated carbocycles. The zero-order valence-corrected chi connectivity index (χ0v) is 19.0. The number of hydrogen-bond donors (Lipinski definition) is 0. The molecule has 0 unspecified atom stereocenters. The molecule has 166 valence electrons. The monoisotopic (exact) mass is 421 g/mol. The van der Waals surface area contributed by atoms with Gasteiger partial charge in [0.2, 0.25) is 0 Å². The van der Waals surface area contributed by atoms with Crippen LogP contribution in [0.1, 0.15) is 70.1 Å². The average molecular weight is 422 g/mol. The minimum atomic E-state index is -0.549. The Hall–Kier alpha value is -2.33. The molecule has 4 heteroatoms. The first-order valence-electron chi connectivity index (χ1n) is 11.6. The molecule has 0 N–H and O–H groups in total. The van der Waals surface area contributed by atoms with Crippen LogP contribution in [0.3, 0.4) is 0 Å². The minimum absolute atomic E-state index is 0.131. The molecule has 0 bridgehead atoms. The molecule has 31 heavy (non-hydrogen) atoms. The van der Waals surface area contributed by atoms with Crippen LogP contribution in [0, 0.1) is 5.92 Å². The molecule has 0 aromatic heterocycles. The fourth-order valence-electron chi connectivity index (χ4n) is 5.19. The fourth-order valence-corrected chi connectivity index (χ4v) is 5.19. The first-order chi connectivity index (χ1) is 14.9. The van der Waals surface area contributed by atoms with Crippen LogP contribution < -0.4 is 0 Å².